The van der Waals surface area contributed by atoms with E-state index in [4.69, 9.17) is 23.4 Å². The van der Waals surface area contributed by atoms with Crippen molar-refractivity contribution >= 4 is 76.0 Å². The maximum atomic E-state index is 14.9. The van der Waals surface area contributed by atoms with E-state index in [2.05, 4.69) is 16.0 Å². The summed E-state index contributed by atoms with van der Waals surface area (Å²) >= 11 is 0. The predicted molar refractivity (Wildman–Crippen MR) is 283 cm³/mol. The lowest BCUT2D eigenvalue weighted by Crippen LogP contribution is -2.63. The minimum Gasteiger partial charge on any atom is -0.467 e. The lowest BCUT2D eigenvalue weighted by molar-refractivity contribution is -0.145. The molecular formula is C54H71N5O13SSi. The van der Waals surface area contributed by atoms with Gasteiger partial charge in [0.1, 0.15) is 29.9 Å². The molecule has 5 aromatic rings. The Morgan fingerprint density at radius 1 is 0.689 bits per heavy atom. The first-order chi connectivity index (χ1) is 34.4. The van der Waals surface area contributed by atoms with Crippen molar-refractivity contribution in [2.45, 2.75) is 142 Å². The second-order valence-electron chi connectivity index (χ2n) is 22.4. The van der Waals surface area contributed by atoms with Crippen LogP contribution in [0.25, 0.3) is 21.8 Å². The molecular weight excluding hydrogens is 987 g/mol. The number of hydrogen-bond acceptors (Lipinski definition) is 13. The molecule has 3 heterocycles. The van der Waals surface area contributed by atoms with Gasteiger partial charge in [0.25, 0.3) is 0 Å². The first-order valence-corrected chi connectivity index (χ1v) is 29.3. The third kappa shape index (κ3) is 14.6. The molecule has 6 rings (SSSR count). The normalized spacial score (nSPS) is 17.9. The van der Waals surface area contributed by atoms with Crippen LogP contribution < -0.4 is 16.0 Å². The highest BCUT2D eigenvalue weighted by Gasteiger charge is 2.49. The van der Waals surface area contributed by atoms with E-state index in [0.29, 0.717) is 38.5 Å². The molecule has 0 bridgehead atoms. The Labute approximate surface area is 434 Å². The lowest BCUT2D eigenvalue weighted by Gasteiger charge is -2.46. The minimum absolute atomic E-state index is 0.0983. The zero-order valence-electron chi connectivity index (χ0n) is 44.4. The fourth-order valence-corrected chi connectivity index (χ4v) is 11.9. The molecule has 0 unspecified atom stereocenters. The number of nitrogens with one attached hydrogen (secondary N) is 3. The SMILES string of the molecule is COC(=O)[C@H](Cc1cn(C(=O)OC(C)(C)C)c2ccccc12)NC(=O)C[C@H]1CS(=O)(=O)C[C@@H](NC(=O)[C@H](Cc2cn(C(=O)OC(C)(C)C)c3ccccc23)NC(=O)OCc2ccccc2)[C@H]1O[Si](C)(C)C(C)(C)C. The first kappa shape index (κ1) is 56.8. The zero-order chi connectivity index (χ0) is 54.6. The summed E-state index contributed by atoms with van der Waals surface area (Å²) in [6, 6.07) is 19.1. The number of benzene rings is 3. The number of methoxy groups -OCH3 is 1. The van der Waals surface area contributed by atoms with Gasteiger partial charge in [0.05, 0.1) is 41.8 Å². The Kier molecular flexibility index (Phi) is 17.3. The van der Waals surface area contributed by atoms with Gasteiger partial charge in [-0.25, -0.2) is 27.6 Å². The summed E-state index contributed by atoms with van der Waals surface area (Å²) in [5.41, 5.74) is 1.11. The first-order valence-electron chi connectivity index (χ1n) is 24.6. The molecule has 0 saturated carbocycles. The van der Waals surface area contributed by atoms with E-state index in [9.17, 15) is 37.2 Å². The Hall–Kier alpha value is -6.51. The maximum absolute atomic E-state index is 14.9. The number of alkyl carbamates (subject to hydrolysis) is 1. The second-order valence-corrected chi connectivity index (χ2v) is 29.3. The summed E-state index contributed by atoms with van der Waals surface area (Å²) in [6.07, 6.45) is -0.886. The Balaban J connectivity index is 1.32. The number of fused-ring (bicyclic) bond motifs is 2. The number of nitrogens with zero attached hydrogens (tertiary/aromatic N) is 2. The summed E-state index contributed by atoms with van der Waals surface area (Å²) in [6.45, 7) is 20.3. The number of sulfone groups is 1. The monoisotopic (exact) mass is 1060 g/mol. The standard InChI is InChI=1S/C54H71N5O13SSi/c1-52(2,3)70-50(64)58-29-35(38-22-16-18-24-43(38)58)26-40(57-49(63)69-31-34-20-14-13-15-21-34)47(61)56-42-33-73(66,67)32-37(46(42)72-74(11,12)54(7,8)9)28-45(60)55-41(48(62)68-10)27-36-30-59(51(65)71-53(4,5)6)44-25-19-17-23-39(36)44/h13-25,29-30,37,40-42,46H,26-28,31-33H2,1-12H3,(H,55,60)(H,56,61)(H,57,63)/t37-,40-,41-,42+,46-/m0/s1. The van der Waals surface area contributed by atoms with Crippen LogP contribution in [0.3, 0.4) is 0 Å². The summed E-state index contributed by atoms with van der Waals surface area (Å²) < 4.78 is 59.7. The van der Waals surface area contributed by atoms with Crippen LogP contribution in [0, 0.1) is 5.92 Å². The third-order valence-corrected chi connectivity index (χ3v) is 19.3. The average molecular weight is 1060 g/mol. The summed E-state index contributed by atoms with van der Waals surface area (Å²) in [4.78, 5) is 83.0. The fraction of sp³-hybridized carbons (Fsp3) is 0.481. The Morgan fingerprint density at radius 2 is 1.19 bits per heavy atom. The lowest BCUT2D eigenvalue weighted by atomic mass is 9.93. The molecule has 2 aromatic heterocycles. The number of carbonyl (C=O) groups is 6. The van der Waals surface area contributed by atoms with Crippen LogP contribution in [0.2, 0.25) is 18.1 Å². The molecule has 3 aromatic carbocycles. The van der Waals surface area contributed by atoms with Crippen molar-refractivity contribution in [2.75, 3.05) is 18.6 Å². The number of aromatic nitrogens is 2. The smallest absolute Gasteiger partial charge is 0.419 e. The second kappa shape index (κ2) is 22.5. The van der Waals surface area contributed by atoms with Crippen molar-refractivity contribution in [3.05, 3.63) is 108 Å². The van der Waals surface area contributed by atoms with Gasteiger partial charge < -0.3 is 39.3 Å². The summed E-state index contributed by atoms with van der Waals surface area (Å²) in [5, 5.41) is 9.19. The molecule has 18 nitrogen and oxygen atoms in total. The Bertz CT molecular complexity index is 2980. The highest BCUT2D eigenvalue weighted by atomic mass is 32.2. The van der Waals surface area contributed by atoms with E-state index in [0.717, 1.165) is 0 Å². The molecule has 20 heteroatoms. The molecule has 3 N–H and O–H groups in total. The number of carbonyl (C=O) groups excluding carboxylic acids is 6. The van der Waals surface area contributed by atoms with Crippen molar-refractivity contribution in [1.82, 2.24) is 25.1 Å². The fourth-order valence-electron chi connectivity index (χ4n) is 8.60. The molecule has 1 aliphatic rings. The number of rotatable bonds is 15. The largest absolute Gasteiger partial charge is 0.467 e. The van der Waals surface area contributed by atoms with Crippen LogP contribution in [0.4, 0.5) is 14.4 Å². The zero-order valence-corrected chi connectivity index (χ0v) is 46.2. The van der Waals surface area contributed by atoms with Crippen LogP contribution >= 0.6 is 0 Å². The Morgan fingerprint density at radius 3 is 1.69 bits per heavy atom. The molecule has 1 aliphatic heterocycles. The molecule has 0 spiro atoms. The van der Waals surface area contributed by atoms with Crippen molar-refractivity contribution < 1.29 is 60.6 Å². The number of esters is 1. The van der Waals surface area contributed by atoms with Gasteiger partial charge >= 0.3 is 24.2 Å². The van der Waals surface area contributed by atoms with Crippen molar-refractivity contribution in [1.29, 1.82) is 0 Å². The summed E-state index contributed by atoms with van der Waals surface area (Å²) in [7, 11) is -5.64. The molecule has 1 fully saturated rings. The van der Waals surface area contributed by atoms with Crippen LogP contribution in [-0.2, 0) is 67.0 Å². The van der Waals surface area contributed by atoms with Gasteiger partial charge in [-0.3, -0.25) is 18.7 Å². The number of ether oxygens (including phenoxy) is 4. The minimum atomic E-state index is -4.00. The quantitative estimate of drug-likeness (QED) is 0.0511. The predicted octanol–water partition coefficient (Wildman–Crippen LogP) is 8.21. The van der Waals surface area contributed by atoms with Crippen molar-refractivity contribution in [3.63, 3.8) is 0 Å². The van der Waals surface area contributed by atoms with Gasteiger partial charge in [-0.15, -0.1) is 0 Å². The van der Waals surface area contributed by atoms with Crippen LogP contribution in [-0.4, -0.2) is 116 Å². The average Bonchev–Trinajstić information content (AvgIpc) is 3.86. The van der Waals surface area contributed by atoms with Gasteiger partial charge in [0, 0.05) is 48.3 Å². The topological polar surface area (TPSA) is 229 Å². The molecule has 0 radical (unpaired) electrons. The van der Waals surface area contributed by atoms with E-state index in [1.54, 1.807) is 127 Å². The van der Waals surface area contributed by atoms with Crippen molar-refractivity contribution in [3.8, 4) is 0 Å². The molecule has 0 aliphatic carbocycles. The van der Waals surface area contributed by atoms with Crippen molar-refractivity contribution in [2.24, 2.45) is 5.92 Å². The van der Waals surface area contributed by atoms with E-state index >= 15 is 0 Å². The highest BCUT2D eigenvalue weighted by molar-refractivity contribution is 7.91. The van der Waals surface area contributed by atoms with E-state index in [1.807, 2.05) is 39.9 Å². The number of amides is 3. The van der Waals surface area contributed by atoms with Gasteiger partial charge in [-0.05, 0) is 88.5 Å². The van der Waals surface area contributed by atoms with E-state index < -0.39 is 119 Å². The van der Waals surface area contributed by atoms with Crippen LogP contribution in [0.5, 0.6) is 0 Å². The third-order valence-electron chi connectivity index (χ3n) is 13.0. The number of para-hydroxylation sites is 2. The van der Waals surface area contributed by atoms with Gasteiger partial charge in [-0.2, -0.15) is 0 Å². The van der Waals surface area contributed by atoms with Gasteiger partial charge in [-0.1, -0.05) is 87.5 Å². The van der Waals surface area contributed by atoms with E-state index in [-0.39, 0.29) is 19.4 Å². The molecule has 3 amide bonds. The van der Waals surface area contributed by atoms with Crippen LogP contribution in [0.1, 0.15) is 85.4 Å². The van der Waals surface area contributed by atoms with Gasteiger partial charge in [0.15, 0.2) is 18.2 Å². The number of hydrogen-bond donors (Lipinski definition) is 3. The molecule has 400 valence electrons. The molecule has 1 saturated heterocycles. The van der Waals surface area contributed by atoms with E-state index in [1.165, 1.54) is 16.2 Å². The highest BCUT2D eigenvalue weighted by Crippen LogP contribution is 2.40. The van der Waals surface area contributed by atoms with Crippen LogP contribution in [0.15, 0.2) is 91.3 Å². The van der Waals surface area contributed by atoms with Gasteiger partial charge in [0.2, 0.25) is 11.8 Å². The maximum Gasteiger partial charge on any atom is 0.419 e. The molecule has 74 heavy (non-hydrogen) atoms. The molecule has 5 atom stereocenters. The summed E-state index contributed by atoms with van der Waals surface area (Å²) in [5.74, 6) is -4.30.